The predicted octanol–water partition coefficient (Wildman–Crippen LogP) is 3.85. The van der Waals surface area contributed by atoms with E-state index < -0.39 is 17.7 Å². The Labute approximate surface area is 212 Å². The number of fused-ring (bicyclic) bond motifs is 1. The minimum Gasteiger partial charge on any atom is -0.493 e. The fourth-order valence-corrected chi connectivity index (χ4v) is 3.22. The van der Waals surface area contributed by atoms with Gasteiger partial charge in [-0.25, -0.2) is 4.79 Å². The molecule has 0 saturated heterocycles. The second-order valence-electron chi connectivity index (χ2n) is 9.66. The lowest BCUT2D eigenvalue weighted by Crippen LogP contribution is -2.42. The molecule has 0 aliphatic heterocycles. The van der Waals surface area contributed by atoms with Crippen molar-refractivity contribution in [1.29, 1.82) is 0 Å². The smallest absolute Gasteiger partial charge is 0.407 e. The summed E-state index contributed by atoms with van der Waals surface area (Å²) in [4.78, 5) is 41.1. The van der Waals surface area contributed by atoms with E-state index in [0.717, 1.165) is 5.39 Å². The molecule has 0 fully saturated rings. The standard InChI is InChI=1S/C26H37N3O7/c1-16(2)20(15-35-23(30)9-8-10-27-25(32)36-26(3,4)5)29-24(31)18-11-17-12-21(33-6)22(34-7)13-19(17)28-14-18/h11-14,16,20H,8-10,15H2,1-7H3,(H,27,32)(H,29,31). The van der Waals surface area contributed by atoms with Gasteiger partial charge < -0.3 is 29.6 Å². The van der Waals surface area contributed by atoms with Crippen LogP contribution in [0.25, 0.3) is 10.9 Å². The van der Waals surface area contributed by atoms with Crippen LogP contribution in [0.1, 0.15) is 57.8 Å². The van der Waals surface area contributed by atoms with Crippen molar-refractivity contribution in [3.8, 4) is 11.5 Å². The number of nitrogens with zero attached hydrogens (tertiary/aromatic N) is 1. The van der Waals surface area contributed by atoms with Crippen molar-refractivity contribution < 1.29 is 33.3 Å². The maximum absolute atomic E-state index is 12.9. The third-order valence-corrected chi connectivity index (χ3v) is 5.22. The maximum atomic E-state index is 12.9. The molecular formula is C26H37N3O7. The number of rotatable bonds is 11. The van der Waals surface area contributed by atoms with Crippen molar-refractivity contribution in [2.24, 2.45) is 5.92 Å². The molecule has 0 bridgehead atoms. The highest BCUT2D eigenvalue weighted by Gasteiger charge is 2.20. The molecule has 2 N–H and O–H groups in total. The normalized spacial score (nSPS) is 12.1. The Balaban J connectivity index is 1.89. The van der Waals surface area contributed by atoms with E-state index in [2.05, 4.69) is 15.6 Å². The first-order valence-electron chi connectivity index (χ1n) is 11.9. The van der Waals surface area contributed by atoms with Crippen LogP contribution in [0.2, 0.25) is 0 Å². The highest BCUT2D eigenvalue weighted by atomic mass is 16.6. The Kier molecular flexibility index (Phi) is 10.3. The first kappa shape index (κ1) is 28.7. The molecule has 10 heteroatoms. The van der Waals surface area contributed by atoms with Crippen molar-refractivity contribution in [2.75, 3.05) is 27.4 Å². The van der Waals surface area contributed by atoms with Crippen LogP contribution in [0.5, 0.6) is 11.5 Å². The Morgan fingerprint density at radius 2 is 1.69 bits per heavy atom. The number of pyridine rings is 1. The first-order chi connectivity index (χ1) is 16.9. The number of hydrogen-bond donors (Lipinski definition) is 2. The van der Waals surface area contributed by atoms with E-state index in [0.29, 0.717) is 35.5 Å². The van der Waals surface area contributed by atoms with Crippen LogP contribution in [0.15, 0.2) is 24.4 Å². The minimum absolute atomic E-state index is 0.0216. The third kappa shape index (κ3) is 8.90. The van der Waals surface area contributed by atoms with Gasteiger partial charge in [0.25, 0.3) is 5.91 Å². The Bertz CT molecular complexity index is 1060. The quantitative estimate of drug-likeness (QED) is 0.350. The van der Waals surface area contributed by atoms with Gasteiger partial charge in [-0.2, -0.15) is 0 Å². The molecule has 1 heterocycles. The number of hydrogen-bond acceptors (Lipinski definition) is 8. The number of carbonyl (C=O) groups is 3. The van der Waals surface area contributed by atoms with E-state index >= 15 is 0 Å². The average Bonchev–Trinajstić information content (AvgIpc) is 2.81. The molecule has 1 unspecified atom stereocenters. The van der Waals surface area contributed by atoms with Crippen molar-refractivity contribution in [3.63, 3.8) is 0 Å². The van der Waals surface area contributed by atoms with E-state index in [1.54, 1.807) is 53.2 Å². The van der Waals surface area contributed by atoms with Crippen LogP contribution >= 0.6 is 0 Å². The van der Waals surface area contributed by atoms with Gasteiger partial charge in [-0.3, -0.25) is 14.6 Å². The van der Waals surface area contributed by atoms with Gasteiger partial charge >= 0.3 is 12.1 Å². The summed E-state index contributed by atoms with van der Waals surface area (Å²) in [6.07, 6.45) is 1.51. The van der Waals surface area contributed by atoms with Gasteiger partial charge in [0.15, 0.2) is 11.5 Å². The Hall–Kier alpha value is -3.56. The summed E-state index contributed by atoms with van der Waals surface area (Å²) in [5.41, 5.74) is 0.461. The number of methoxy groups -OCH3 is 2. The van der Waals surface area contributed by atoms with E-state index in [9.17, 15) is 14.4 Å². The zero-order chi connectivity index (χ0) is 26.9. The molecule has 36 heavy (non-hydrogen) atoms. The Morgan fingerprint density at radius 1 is 1.03 bits per heavy atom. The van der Waals surface area contributed by atoms with Crippen LogP contribution in [0, 0.1) is 5.92 Å². The van der Waals surface area contributed by atoms with Crippen LogP contribution < -0.4 is 20.1 Å². The highest BCUT2D eigenvalue weighted by molar-refractivity contribution is 5.98. The predicted molar refractivity (Wildman–Crippen MR) is 135 cm³/mol. The summed E-state index contributed by atoms with van der Waals surface area (Å²) < 4.78 is 21.1. The zero-order valence-corrected chi connectivity index (χ0v) is 22.1. The van der Waals surface area contributed by atoms with Crippen LogP contribution in [-0.4, -0.2) is 62.0 Å². The van der Waals surface area contributed by atoms with Gasteiger partial charge in [-0.15, -0.1) is 0 Å². The zero-order valence-electron chi connectivity index (χ0n) is 22.1. The lowest BCUT2D eigenvalue weighted by molar-refractivity contribution is -0.144. The molecule has 10 nitrogen and oxygen atoms in total. The molecule has 2 rings (SSSR count). The summed E-state index contributed by atoms with van der Waals surface area (Å²) in [5.74, 6) is 0.382. The molecule has 198 valence electrons. The number of aromatic nitrogens is 1. The number of ether oxygens (including phenoxy) is 4. The second kappa shape index (κ2) is 12.9. The topological polar surface area (TPSA) is 125 Å². The van der Waals surface area contributed by atoms with E-state index in [4.69, 9.17) is 18.9 Å². The maximum Gasteiger partial charge on any atom is 0.407 e. The summed E-state index contributed by atoms with van der Waals surface area (Å²) in [5, 5.41) is 6.25. The number of carbonyl (C=O) groups excluding carboxylic acids is 3. The van der Waals surface area contributed by atoms with Gasteiger partial charge in [0, 0.05) is 30.6 Å². The van der Waals surface area contributed by atoms with Crippen LogP contribution in [0.4, 0.5) is 4.79 Å². The molecule has 1 atom stereocenters. The summed E-state index contributed by atoms with van der Waals surface area (Å²) in [6, 6.07) is 4.84. The molecular weight excluding hydrogens is 466 g/mol. The van der Waals surface area contributed by atoms with Crippen molar-refractivity contribution >= 4 is 28.9 Å². The average molecular weight is 504 g/mol. The monoisotopic (exact) mass is 503 g/mol. The van der Waals surface area contributed by atoms with Gasteiger partial charge in [0.2, 0.25) is 0 Å². The number of amides is 2. The van der Waals surface area contributed by atoms with Crippen molar-refractivity contribution in [3.05, 3.63) is 30.0 Å². The van der Waals surface area contributed by atoms with E-state index in [1.807, 2.05) is 13.8 Å². The molecule has 2 amide bonds. The second-order valence-corrected chi connectivity index (χ2v) is 9.66. The van der Waals surface area contributed by atoms with E-state index in [-0.39, 0.29) is 30.9 Å². The number of alkyl carbamates (subject to hydrolysis) is 1. The molecule has 0 radical (unpaired) electrons. The molecule has 1 aromatic carbocycles. The molecule has 0 aliphatic carbocycles. The van der Waals surface area contributed by atoms with E-state index in [1.165, 1.54) is 6.20 Å². The van der Waals surface area contributed by atoms with Crippen LogP contribution in [-0.2, 0) is 14.3 Å². The van der Waals surface area contributed by atoms with Gasteiger partial charge in [0.1, 0.15) is 12.2 Å². The van der Waals surface area contributed by atoms with Crippen LogP contribution in [0.3, 0.4) is 0 Å². The lowest BCUT2D eigenvalue weighted by Gasteiger charge is -2.22. The lowest BCUT2D eigenvalue weighted by atomic mass is 10.0. The number of benzene rings is 1. The third-order valence-electron chi connectivity index (χ3n) is 5.22. The van der Waals surface area contributed by atoms with Gasteiger partial charge in [-0.05, 0) is 45.2 Å². The summed E-state index contributed by atoms with van der Waals surface area (Å²) >= 11 is 0. The van der Waals surface area contributed by atoms with Crippen molar-refractivity contribution in [2.45, 2.75) is 59.1 Å². The summed E-state index contributed by atoms with van der Waals surface area (Å²) in [7, 11) is 3.09. The molecule has 0 aliphatic rings. The summed E-state index contributed by atoms with van der Waals surface area (Å²) in [6.45, 7) is 9.52. The largest absolute Gasteiger partial charge is 0.493 e. The van der Waals surface area contributed by atoms with Gasteiger partial charge in [-0.1, -0.05) is 13.8 Å². The van der Waals surface area contributed by atoms with Crippen molar-refractivity contribution in [1.82, 2.24) is 15.6 Å². The number of esters is 1. The molecule has 2 aromatic rings. The minimum atomic E-state index is -0.581. The fraction of sp³-hybridized carbons (Fsp3) is 0.538. The molecule has 1 aromatic heterocycles. The first-order valence-corrected chi connectivity index (χ1v) is 11.9. The van der Waals surface area contributed by atoms with Gasteiger partial charge in [0.05, 0.1) is 31.3 Å². The fourth-order valence-electron chi connectivity index (χ4n) is 3.22. The Morgan fingerprint density at radius 3 is 2.31 bits per heavy atom. The number of nitrogens with one attached hydrogen (secondary N) is 2. The molecule has 0 spiro atoms. The SMILES string of the molecule is COc1cc2cc(C(=O)NC(COC(=O)CCCNC(=O)OC(C)(C)C)C(C)C)cnc2cc1OC. The molecule has 0 saturated carbocycles. The highest BCUT2D eigenvalue weighted by Crippen LogP contribution is 2.31.